The molecule has 0 spiro atoms. The molecule has 2 rings (SSSR count). The molecule has 0 bridgehead atoms. The van der Waals surface area contributed by atoms with Crippen molar-refractivity contribution in [2.24, 2.45) is 11.7 Å². The topological polar surface area (TPSA) is 75.4 Å². The van der Waals surface area contributed by atoms with E-state index >= 15 is 0 Å². The van der Waals surface area contributed by atoms with Crippen LogP contribution in [0.4, 0.5) is 0 Å². The van der Waals surface area contributed by atoms with E-state index in [1.807, 2.05) is 6.92 Å². The minimum Gasteiger partial charge on any atom is -0.329 e. The van der Waals surface area contributed by atoms with Crippen LogP contribution in [0, 0.1) is 5.92 Å². The number of hydrogen-bond acceptors (Lipinski definition) is 3. The fourth-order valence-corrected chi connectivity index (χ4v) is 5.31. The lowest BCUT2D eigenvalue weighted by atomic mass is 9.85. The Hall–Kier alpha value is -0.170. The molecule has 1 aliphatic carbocycles. The Balaban J connectivity index is 1.98. The third-order valence-electron chi connectivity index (χ3n) is 4.85. The second-order valence-corrected chi connectivity index (χ2v) is 7.96. The second kappa shape index (κ2) is 7.20. The van der Waals surface area contributed by atoms with Crippen LogP contribution in [-0.2, 0) is 10.2 Å². The summed E-state index contributed by atoms with van der Waals surface area (Å²) in [5.74, 6) is 0.486. The van der Waals surface area contributed by atoms with Crippen LogP contribution in [0.5, 0.6) is 0 Å². The molecule has 0 radical (unpaired) electrons. The third kappa shape index (κ3) is 3.93. The molecule has 5 nitrogen and oxygen atoms in total. The first-order chi connectivity index (χ1) is 9.54. The lowest BCUT2D eigenvalue weighted by Gasteiger charge is -2.36. The molecule has 2 fully saturated rings. The minimum absolute atomic E-state index is 0.0280. The summed E-state index contributed by atoms with van der Waals surface area (Å²) in [5.41, 5.74) is 5.73. The first-order valence-corrected chi connectivity index (χ1v) is 9.48. The van der Waals surface area contributed by atoms with Crippen molar-refractivity contribution in [1.82, 2.24) is 9.03 Å². The van der Waals surface area contributed by atoms with Crippen LogP contribution in [0.3, 0.4) is 0 Å². The van der Waals surface area contributed by atoms with Gasteiger partial charge in [-0.1, -0.05) is 25.7 Å². The molecule has 0 aromatic carbocycles. The zero-order chi connectivity index (χ0) is 14.6. The van der Waals surface area contributed by atoms with Crippen LogP contribution in [0.15, 0.2) is 0 Å². The van der Waals surface area contributed by atoms with Gasteiger partial charge in [-0.15, -0.1) is 0 Å². The van der Waals surface area contributed by atoms with E-state index < -0.39 is 10.2 Å². The molecule has 20 heavy (non-hydrogen) atoms. The summed E-state index contributed by atoms with van der Waals surface area (Å²) in [6.07, 6.45) is 8.93. The number of nitrogens with zero attached hydrogens (tertiary/aromatic N) is 1. The molecule has 6 heteroatoms. The average molecular weight is 303 g/mol. The van der Waals surface area contributed by atoms with E-state index in [-0.39, 0.29) is 12.1 Å². The maximum Gasteiger partial charge on any atom is 0.279 e. The Morgan fingerprint density at radius 3 is 2.45 bits per heavy atom. The second-order valence-electron chi connectivity index (χ2n) is 6.31. The van der Waals surface area contributed by atoms with E-state index in [0.717, 1.165) is 32.1 Å². The highest BCUT2D eigenvalue weighted by Gasteiger charge is 2.33. The SMILES string of the molecule is CC(NS(=O)(=O)N1CCCCC1CN)C1CCCCC1. The van der Waals surface area contributed by atoms with Gasteiger partial charge in [0, 0.05) is 25.2 Å². The Morgan fingerprint density at radius 1 is 1.15 bits per heavy atom. The zero-order valence-electron chi connectivity index (χ0n) is 12.6. The molecule has 0 amide bonds. The molecule has 1 saturated carbocycles. The minimum atomic E-state index is -3.39. The fraction of sp³-hybridized carbons (Fsp3) is 1.00. The van der Waals surface area contributed by atoms with Gasteiger partial charge in [0.2, 0.25) is 0 Å². The number of rotatable bonds is 5. The van der Waals surface area contributed by atoms with Crippen molar-refractivity contribution >= 4 is 10.2 Å². The van der Waals surface area contributed by atoms with Crippen molar-refractivity contribution in [3.63, 3.8) is 0 Å². The van der Waals surface area contributed by atoms with Gasteiger partial charge in [-0.2, -0.15) is 17.4 Å². The predicted molar refractivity (Wildman–Crippen MR) is 81.5 cm³/mol. The van der Waals surface area contributed by atoms with Gasteiger partial charge in [0.25, 0.3) is 10.2 Å². The van der Waals surface area contributed by atoms with Gasteiger partial charge < -0.3 is 5.73 Å². The number of hydrogen-bond donors (Lipinski definition) is 2. The molecule has 2 aliphatic rings. The van der Waals surface area contributed by atoms with Gasteiger partial charge in [-0.05, 0) is 38.5 Å². The van der Waals surface area contributed by atoms with E-state index in [1.165, 1.54) is 19.3 Å². The average Bonchev–Trinajstić information content (AvgIpc) is 2.47. The maximum absolute atomic E-state index is 12.6. The first-order valence-electron chi connectivity index (χ1n) is 8.04. The fourth-order valence-electron chi connectivity index (χ4n) is 3.56. The van der Waals surface area contributed by atoms with Gasteiger partial charge in [-0.3, -0.25) is 0 Å². The summed E-state index contributed by atoms with van der Waals surface area (Å²) in [6.45, 7) is 3.03. The molecule has 1 heterocycles. The van der Waals surface area contributed by atoms with Crippen LogP contribution < -0.4 is 10.5 Å². The summed E-state index contributed by atoms with van der Waals surface area (Å²) in [6, 6.07) is 0.000423. The number of nitrogens with two attached hydrogens (primary N) is 1. The van der Waals surface area contributed by atoms with Crippen molar-refractivity contribution in [1.29, 1.82) is 0 Å². The van der Waals surface area contributed by atoms with Crippen molar-refractivity contribution in [2.75, 3.05) is 13.1 Å². The van der Waals surface area contributed by atoms with E-state index in [4.69, 9.17) is 5.73 Å². The molecule has 0 aromatic heterocycles. The van der Waals surface area contributed by atoms with Gasteiger partial charge in [0.05, 0.1) is 0 Å². The maximum atomic E-state index is 12.6. The monoisotopic (exact) mass is 303 g/mol. The predicted octanol–water partition coefficient (Wildman–Crippen LogP) is 1.60. The molecule has 3 N–H and O–H groups in total. The smallest absolute Gasteiger partial charge is 0.279 e. The van der Waals surface area contributed by atoms with Gasteiger partial charge in [0.15, 0.2) is 0 Å². The Labute approximate surface area is 123 Å². The van der Waals surface area contributed by atoms with E-state index in [9.17, 15) is 8.42 Å². The molecule has 0 aromatic rings. The summed E-state index contributed by atoms with van der Waals surface area (Å²) >= 11 is 0. The van der Waals surface area contributed by atoms with Crippen molar-refractivity contribution in [3.8, 4) is 0 Å². The quantitative estimate of drug-likeness (QED) is 0.810. The Bertz CT molecular complexity index is 393. The van der Waals surface area contributed by atoms with E-state index in [1.54, 1.807) is 4.31 Å². The Kier molecular flexibility index (Phi) is 5.84. The largest absolute Gasteiger partial charge is 0.329 e. The van der Waals surface area contributed by atoms with Crippen LogP contribution in [0.25, 0.3) is 0 Å². The molecule has 2 atom stereocenters. The van der Waals surface area contributed by atoms with Gasteiger partial charge in [0.1, 0.15) is 0 Å². The van der Waals surface area contributed by atoms with Crippen molar-refractivity contribution in [2.45, 2.75) is 70.4 Å². The highest BCUT2D eigenvalue weighted by Crippen LogP contribution is 2.27. The molecule has 1 saturated heterocycles. The van der Waals surface area contributed by atoms with Crippen LogP contribution in [0.1, 0.15) is 58.3 Å². The molecular weight excluding hydrogens is 274 g/mol. The normalized spacial score (nSPS) is 28.4. The number of nitrogens with one attached hydrogen (secondary N) is 1. The summed E-state index contributed by atoms with van der Waals surface area (Å²) in [7, 11) is -3.39. The van der Waals surface area contributed by atoms with Crippen molar-refractivity contribution in [3.05, 3.63) is 0 Å². The number of piperidine rings is 1. The zero-order valence-corrected chi connectivity index (χ0v) is 13.4. The molecule has 2 unspecified atom stereocenters. The van der Waals surface area contributed by atoms with Crippen molar-refractivity contribution < 1.29 is 8.42 Å². The third-order valence-corrected chi connectivity index (χ3v) is 6.61. The van der Waals surface area contributed by atoms with Crippen LogP contribution in [0.2, 0.25) is 0 Å². The van der Waals surface area contributed by atoms with Crippen LogP contribution in [-0.4, -0.2) is 37.9 Å². The van der Waals surface area contributed by atoms with E-state index in [2.05, 4.69) is 4.72 Å². The highest BCUT2D eigenvalue weighted by molar-refractivity contribution is 7.87. The molecule has 118 valence electrons. The summed E-state index contributed by atoms with van der Waals surface area (Å²) < 4.78 is 29.6. The lowest BCUT2D eigenvalue weighted by molar-refractivity contribution is 0.246. The van der Waals surface area contributed by atoms with Gasteiger partial charge >= 0.3 is 0 Å². The summed E-state index contributed by atoms with van der Waals surface area (Å²) in [4.78, 5) is 0. The molecular formula is C14H29N3O2S. The van der Waals surface area contributed by atoms with E-state index in [0.29, 0.717) is 19.0 Å². The van der Waals surface area contributed by atoms with Crippen LogP contribution >= 0.6 is 0 Å². The lowest BCUT2D eigenvalue weighted by Crippen LogP contribution is -2.54. The molecule has 1 aliphatic heterocycles. The highest BCUT2D eigenvalue weighted by atomic mass is 32.2. The summed E-state index contributed by atoms with van der Waals surface area (Å²) in [5, 5.41) is 0. The van der Waals surface area contributed by atoms with Gasteiger partial charge in [-0.25, -0.2) is 0 Å². The standard InChI is InChI=1S/C14H29N3O2S/c1-12(13-7-3-2-4-8-13)16-20(18,19)17-10-6-5-9-14(17)11-15/h12-14,16H,2-11,15H2,1H3. The first kappa shape index (κ1) is 16.2. The Morgan fingerprint density at radius 2 is 1.80 bits per heavy atom.